The molecular formula is C14H18FN5O. The Kier molecular flexibility index (Phi) is 3.36. The number of anilines is 1. The SMILES string of the molecule is CC(C)n1cc([C@]2(O)CCN(c3ncccc3F)C2)nn1. The second-order valence-electron chi connectivity index (χ2n) is 5.69. The van der Waals surface area contributed by atoms with E-state index in [0.717, 1.165) is 0 Å². The van der Waals surface area contributed by atoms with Gasteiger partial charge in [0, 0.05) is 25.2 Å². The molecule has 0 saturated carbocycles. The van der Waals surface area contributed by atoms with Crippen LogP contribution in [-0.2, 0) is 5.60 Å². The summed E-state index contributed by atoms with van der Waals surface area (Å²) in [6.45, 7) is 4.77. The third-order valence-electron chi connectivity index (χ3n) is 3.80. The van der Waals surface area contributed by atoms with Crippen LogP contribution in [0.2, 0.25) is 0 Å². The fraction of sp³-hybridized carbons (Fsp3) is 0.500. The quantitative estimate of drug-likeness (QED) is 0.928. The number of hydrogen-bond acceptors (Lipinski definition) is 5. The van der Waals surface area contributed by atoms with E-state index in [4.69, 9.17) is 0 Å². The van der Waals surface area contributed by atoms with Gasteiger partial charge < -0.3 is 10.0 Å². The van der Waals surface area contributed by atoms with Crippen LogP contribution in [0.15, 0.2) is 24.5 Å². The van der Waals surface area contributed by atoms with E-state index in [9.17, 15) is 9.50 Å². The van der Waals surface area contributed by atoms with E-state index in [0.29, 0.717) is 18.7 Å². The fourth-order valence-corrected chi connectivity index (χ4v) is 2.54. The van der Waals surface area contributed by atoms with Gasteiger partial charge in [-0.3, -0.25) is 0 Å². The highest BCUT2D eigenvalue weighted by Crippen LogP contribution is 2.33. The van der Waals surface area contributed by atoms with Crippen molar-refractivity contribution in [3.63, 3.8) is 0 Å². The molecule has 3 heterocycles. The minimum atomic E-state index is -1.11. The lowest BCUT2D eigenvalue weighted by atomic mass is 10.00. The minimum absolute atomic E-state index is 0.181. The van der Waals surface area contributed by atoms with E-state index in [1.807, 2.05) is 13.8 Å². The lowest BCUT2D eigenvalue weighted by molar-refractivity contribution is 0.0558. The van der Waals surface area contributed by atoms with E-state index >= 15 is 0 Å². The maximum absolute atomic E-state index is 13.8. The Labute approximate surface area is 122 Å². The van der Waals surface area contributed by atoms with E-state index in [2.05, 4.69) is 15.3 Å². The van der Waals surface area contributed by atoms with Crippen LogP contribution < -0.4 is 4.90 Å². The van der Waals surface area contributed by atoms with Crippen molar-refractivity contribution in [2.24, 2.45) is 0 Å². The third kappa shape index (κ3) is 2.49. The first kappa shape index (κ1) is 13.9. The van der Waals surface area contributed by atoms with Crippen molar-refractivity contribution >= 4 is 5.82 Å². The molecule has 2 aromatic rings. The molecule has 0 spiro atoms. The maximum Gasteiger partial charge on any atom is 0.165 e. The van der Waals surface area contributed by atoms with E-state index in [-0.39, 0.29) is 24.2 Å². The largest absolute Gasteiger partial charge is 0.381 e. The number of aromatic nitrogens is 4. The highest BCUT2D eigenvalue weighted by Gasteiger charge is 2.41. The highest BCUT2D eigenvalue weighted by molar-refractivity contribution is 5.42. The summed E-state index contributed by atoms with van der Waals surface area (Å²) >= 11 is 0. The molecule has 0 amide bonds. The van der Waals surface area contributed by atoms with Crippen molar-refractivity contribution < 1.29 is 9.50 Å². The summed E-state index contributed by atoms with van der Waals surface area (Å²) in [5, 5.41) is 18.9. The molecule has 1 fully saturated rings. The van der Waals surface area contributed by atoms with Gasteiger partial charge in [-0.05, 0) is 26.0 Å². The van der Waals surface area contributed by atoms with Gasteiger partial charge in [-0.2, -0.15) is 0 Å². The predicted molar refractivity (Wildman–Crippen MR) is 75.3 cm³/mol. The summed E-state index contributed by atoms with van der Waals surface area (Å²) in [5.41, 5.74) is -0.591. The van der Waals surface area contributed by atoms with Crippen LogP contribution in [-0.4, -0.2) is 38.2 Å². The van der Waals surface area contributed by atoms with E-state index in [1.165, 1.54) is 6.07 Å². The lowest BCUT2D eigenvalue weighted by Crippen LogP contribution is -2.32. The second-order valence-corrected chi connectivity index (χ2v) is 5.69. The molecule has 0 aliphatic carbocycles. The Bertz CT molecular complexity index is 644. The molecule has 21 heavy (non-hydrogen) atoms. The Morgan fingerprint density at radius 3 is 2.90 bits per heavy atom. The van der Waals surface area contributed by atoms with Crippen LogP contribution in [0.25, 0.3) is 0 Å². The van der Waals surface area contributed by atoms with Crippen molar-refractivity contribution in [1.29, 1.82) is 0 Å². The van der Waals surface area contributed by atoms with Crippen LogP contribution in [0.4, 0.5) is 10.2 Å². The standard InChI is InChI=1S/C14H18FN5O/c1-10(2)20-8-12(17-18-20)14(21)5-7-19(9-14)13-11(15)4-3-6-16-13/h3-4,6,8,10,21H,5,7,9H2,1-2H3/t14-/m0/s1. The van der Waals surface area contributed by atoms with Gasteiger partial charge in [0.2, 0.25) is 0 Å². The molecule has 0 bridgehead atoms. The zero-order valence-electron chi connectivity index (χ0n) is 12.1. The van der Waals surface area contributed by atoms with Crippen molar-refractivity contribution in [2.75, 3.05) is 18.0 Å². The monoisotopic (exact) mass is 291 g/mol. The molecule has 0 radical (unpaired) electrons. The molecular weight excluding hydrogens is 273 g/mol. The fourth-order valence-electron chi connectivity index (χ4n) is 2.54. The van der Waals surface area contributed by atoms with Crippen LogP contribution in [0, 0.1) is 5.82 Å². The average molecular weight is 291 g/mol. The first-order valence-electron chi connectivity index (χ1n) is 7.00. The smallest absolute Gasteiger partial charge is 0.165 e. The zero-order chi connectivity index (χ0) is 15.0. The summed E-state index contributed by atoms with van der Waals surface area (Å²) in [7, 11) is 0. The minimum Gasteiger partial charge on any atom is -0.381 e. The highest BCUT2D eigenvalue weighted by atomic mass is 19.1. The molecule has 1 saturated heterocycles. The number of halogens is 1. The van der Waals surface area contributed by atoms with Gasteiger partial charge >= 0.3 is 0 Å². The summed E-state index contributed by atoms with van der Waals surface area (Å²) in [6, 6.07) is 3.10. The second kappa shape index (κ2) is 5.07. The number of pyridine rings is 1. The van der Waals surface area contributed by atoms with Gasteiger partial charge in [0.05, 0.1) is 12.7 Å². The molecule has 1 aliphatic rings. The Balaban J connectivity index is 1.83. The van der Waals surface area contributed by atoms with Gasteiger partial charge in [-0.25, -0.2) is 14.1 Å². The van der Waals surface area contributed by atoms with Gasteiger partial charge in [0.1, 0.15) is 11.3 Å². The van der Waals surface area contributed by atoms with Crippen molar-refractivity contribution in [1.82, 2.24) is 20.0 Å². The van der Waals surface area contributed by atoms with Gasteiger partial charge in [-0.15, -0.1) is 5.10 Å². The molecule has 3 rings (SSSR count). The summed E-state index contributed by atoms with van der Waals surface area (Å²) in [5.74, 6) is -0.114. The first-order chi connectivity index (χ1) is 9.99. The summed E-state index contributed by atoms with van der Waals surface area (Å²) < 4.78 is 15.5. The number of aliphatic hydroxyl groups is 1. The Morgan fingerprint density at radius 2 is 2.24 bits per heavy atom. The molecule has 2 aromatic heterocycles. The van der Waals surface area contributed by atoms with E-state index < -0.39 is 5.60 Å². The van der Waals surface area contributed by atoms with Gasteiger partial charge in [0.25, 0.3) is 0 Å². The molecule has 1 N–H and O–H groups in total. The molecule has 7 heteroatoms. The number of nitrogens with zero attached hydrogens (tertiary/aromatic N) is 5. The van der Waals surface area contributed by atoms with Crippen molar-refractivity contribution in [3.8, 4) is 0 Å². The topological polar surface area (TPSA) is 67.1 Å². The molecule has 112 valence electrons. The predicted octanol–water partition coefficient (Wildman–Crippen LogP) is 1.49. The van der Waals surface area contributed by atoms with Crippen LogP contribution in [0.1, 0.15) is 32.0 Å². The first-order valence-corrected chi connectivity index (χ1v) is 7.00. The zero-order valence-corrected chi connectivity index (χ0v) is 12.1. The molecule has 6 nitrogen and oxygen atoms in total. The third-order valence-corrected chi connectivity index (χ3v) is 3.80. The average Bonchev–Trinajstić information content (AvgIpc) is 3.07. The Hall–Kier alpha value is -2.02. The maximum atomic E-state index is 13.8. The van der Waals surface area contributed by atoms with Gasteiger partial charge in [-0.1, -0.05) is 5.21 Å². The van der Waals surface area contributed by atoms with Gasteiger partial charge in [0.15, 0.2) is 11.6 Å². The number of β-amino-alcohol motifs (C(OH)–C–C–N with tert-alkyl or cyclic N) is 1. The number of hydrogen-bond donors (Lipinski definition) is 1. The van der Waals surface area contributed by atoms with Crippen molar-refractivity contribution in [3.05, 3.63) is 36.0 Å². The summed E-state index contributed by atoms with van der Waals surface area (Å²) in [6.07, 6.45) is 3.77. The summed E-state index contributed by atoms with van der Waals surface area (Å²) in [4.78, 5) is 5.79. The van der Waals surface area contributed by atoms with E-state index in [1.54, 1.807) is 28.0 Å². The van der Waals surface area contributed by atoms with Crippen LogP contribution in [0.5, 0.6) is 0 Å². The van der Waals surface area contributed by atoms with Crippen LogP contribution >= 0.6 is 0 Å². The molecule has 1 aliphatic heterocycles. The molecule has 1 atom stereocenters. The number of rotatable bonds is 3. The van der Waals surface area contributed by atoms with Crippen LogP contribution in [0.3, 0.4) is 0 Å². The normalized spacial score (nSPS) is 22.2. The van der Waals surface area contributed by atoms with Crippen molar-refractivity contribution in [2.45, 2.75) is 31.9 Å². The molecule has 0 unspecified atom stereocenters. The lowest BCUT2D eigenvalue weighted by Gasteiger charge is -2.21. The molecule has 0 aromatic carbocycles. The Morgan fingerprint density at radius 1 is 1.43 bits per heavy atom.